The Bertz CT molecular complexity index is 362. The summed E-state index contributed by atoms with van der Waals surface area (Å²) < 4.78 is 9.33. The Morgan fingerprint density at radius 1 is 1.43 bits per heavy atom. The minimum atomic E-state index is -1.38. The monoisotopic (exact) mass is 212 g/mol. The van der Waals surface area contributed by atoms with Crippen molar-refractivity contribution in [3.8, 4) is 5.75 Å². The van der Waals surface area contributed by atoms with Gasteiger partial charge in [0.25, 0.3) is 0 Å². The maximum Gasteiger partial charge on any atom is 0.511 e. The minimum Gasteiger partial charge on any atom is -0.486 e. The van der Waals surface area contributed by atoms with E-state index in [9.17, 15) is 4.79 Å². The van der Waals surface area contributed by atoms with Crippen LogP contribution in [0.2, 0.25) is 0 Å². The molecule has 0 radical (unpaired) electrons. The normalized spacial score (nSPS) is 9.21. The Morgan fingerprint density at radius 3 is 2.64 bits per heavy atom. The van der Waals surface area contributed by atoms with Crippen LogP contribution in [0.15, 0.2) is 24.3 Å². The van der Waals surface area contributed by atoms with Gasteiger partial charge in [0.1, 0.15) is 5.75 Å². The highest BCUT2D eigenvalue weighted by molar-refractivity contribution is 7.80. The highest BCUT2D eigenvalue weighted by atomic mass is 32.1. The summed E-state index contributed by atoms with van der Waals surface area (Å²) in [5, 5.41) is 8.64. The van der Waals surface area contributed by atoms with Gasteiger partial charge in [-0.25, -0.2) is 4.79 Å². The summed E-state index contributed by atoms with van der Waals surface area (Å²) in [6.07, 6.45) is -1.38. The fourth-order valence-electron chi connectivity index (χ4n) is 0.928. The Balaban J connectivity index is 3.02. The van der Waals surface area contributed by atoms with Crippen molar-refractivity contribution >= 4 is 23.4 Å². The highest BCUT2D eigenvalue weighted by Crippen LogP contribution is 2.19. The van der Waals surface area contributed by atoms with Crippen molar-refractivity contribution in [1.82, 2.24) is 0 Å². The van der Waals surface area contributed by atoms with Gasteiger partial charge in [0.2, 0.25) is 0 Å². The van der Waals surface area contributed by atoms with Crippen LogP contribution in [-0.2, 0) is 4.74 Å². The first kappa shape index (κ1) is 10.5. The smallest absolute Gasteiger partial charge is 0.486 e. The maximum absolute atomic E-state index is 10.3. The zero-order valence-corrected chi connectivity index (χ0v) is 8.21. The molecule has 1 aromatic carbocycles. The quantitative estimate of drug-likeness (QED) is 0.462. The molecule has 0 atom stereocenters. The fraction of sp³-hybridized carbons (Fsp3) is 0.111. The van der Waals surface area contributed by atoms with Gasteiger partial charge in [0.15, 0.2) is 5.05 Å². The van der Waals surface area contributed by atoms with E-state index in [0.717, 1.165) is 0 Å². The molecule has 0 aromatic heterocycles. The lowest BCUT2D eigenvalue weighted by Gasteiger charge is -2.07. The van der Waals surface area contributed by atoms with E-state index in [1.807, 2.05) is 0 Å². The van der Waals surface area contributed by atoms with E-state index in [4.69, 9.17) is 22.1 Å². The van der Waals surface area contributed by atoms with Crippen LogP contribution in [0, 0.1) is 0 Å². The molecular formula is C9H8O4S. The van der Waals surface area contributed by atoms with Gasteiger partial charge in [0.05, 0.1) is 12.7 Å². The average molecular weight is 212 g/mol. The van der Waals surface area contributed by atoms with Crippen molar-refractivity contribution in [3.63, 3.8) is 0 Å². The number of carbonyl (C=O) groups is 1. The molecule has 0 amide bonds. The van der Waals surface area contributed by atoms with Crippen LogP contribution < -0.4 is 4.74 Å². The molecule has 0 aliphatic carbocycles. The molecule has 4 nitrogen and oxygen atoms in total. The number of benzene rings is 1. The number of methoxy groups -OCH3 is 1. The SMILES string of the molecule is COC(=S)c1ccccc1OC(=O)O. The number of rotatable bonds is 2. The van der Waals surface area contributed by atoms with Crippen LogP contribution >= 0.6 is 12.2 Å². The molecule has 0 heterocycles. The van der Waals surface area contributed by atoms with Crippen molar-refractivity contribution < 1.29 is 19.4 Å². The van der Waals surface area contributed by atoms with Gasteiger partial charge in [-0.15, -0.1) is 0 Å². The first-order valence-corrected chi connectivity index (χ1v) is 4.14. The summed E-state index contributed by atoms with van der Waals surface area (Å²) in [6.45, 7) is 0. The van der Waals surface area contributed by atoms with E-state index in [0.29, 0.717) is 5.56 Å². The molecule has 1 N–H and O–H groups in total. The molecule has 0 spiro atoms. The van der Waals surface area contributed by atoms with Crippen LogP contribution in [0.4, 0.5) is 4.79 Å². The van der Waals surface area contributed by atoms with Gasteiger partial charge >= 0.3 is 6.16 Å². The number of hydrogen-bond acceptors (Lipinski definition) is 4. The summed E-state index contributed by atoms with van der Waals surface area (Å²) in [5.41, 5.74) is 0.451. The summed E-state index contributed by atoms with van der Waals surface area (Å²) in [7, 11) is 1.42. The van der Waals surface area contributed by atoms with E-state index in [1.54, 1.807) is 18.2 Å². The standard InChI is InChI=1S/C9H8O4S/c1-12-8(14)6-4-2-3-5-7(6)13-9(10)11/h2-5H,1H3,(H,10,11). The number of hydrogen-bond donors (Lipinski definition) is 1. The highest BCUT2D eigenvalue weighted by Gasteiger charge is 2.10. The molecule has 0 unspecified atom stereocenters. The van der Waals surface area contributed by atoms with E-state index >= 15 is 0 Å². The largest absolute Gasteiger partial charge is 0.511 e. The van der Waals surface area contributed by atoms with Crippen molar-refractivity contribution in [1.29, 1.82) is 0 Å². The second-order valence-electron chi connectivity index (χ2n) is 2.36. The van der Waals surface area contributed by atoms with Crippen LogP contribution in [0.25, 0.3) is 0 Å². The summed E-state index contributed by atoms with van der Waals surface area (Å²) in [5.74, 6) is 0.173. The number of carboxylic acid groups (broad SMARTS) is 1. The summed E-state index contributed by atoms with van der Waals surface area (Å²) >= 11 is 4.87. The predicted octanol–water partition coefficient (Wildman–Crippen LogP) is 2.07. The zero-order valence-electron chi connectivity index (χ0n) is 7.39. The molecular weight excluding hydrogens is 204 g/mol. The van der Waals surface area contributed by atoms with E-state index in [-0.39, 0.29) is 10.8 Å². The molecule has 5 heteroatoms. The Kier molecular flexibility index (Phi) is 3.41. The zero-order chi connectivity index (χ0) is 10.6. The molecule has 74 valence electrons. The topological polar surface area (TPSA) is 55.8 Å². The maximum atomic E-state index is 10.3. The van der Waals surface area contributed by atoms with Crippen molar-refractivity contribution in [2.24, 2.45) is 0 Å². The van der Waals surface area contributed by atoms with Crippen LogP contribution in [-0.4, -0.2) is 23.4 Å². The molecule has 14 heavy (non-hydrogen) atoms. The van der Waals surface area contributed by atoms with Crippen molar-refractivity contribution in [2.45, 2.75) is 0 Å². The molecule has 0 bridgehead atoms. The van der Waals surface area contributed by atoms with Crippen LogP contribution in [0.5, 0.6) is 5.75 Å². The first-order valence-electron chi connectivity index (χ1n) is 3.73. The lowest BCUT2D eigenvalue weighted by atomic mass is 10.2. The van der Waals surface area contributed by atoms with Gasteiger partial charge in [-0.2, -0.15) is 0 Å². The predicted molar refractivity (Wildman–Crippen MR) is 53.8 cm³/mol. The van der Waals surface area contributed by atoms with Crippen molar-refractivity contribution in [3.05, 3.63) is 29.8 Å². The fourth-order valence-corrected chi connectivity index (χ4v) is 1.10. The van der Waals surface area contributed by atoms with E-state index in [2.05, 4.69) is 4.74 Å². The molecule has 1 rings (SSSR count). The van der Waals surface area contributed by atoms with Gasteiger partial charge < -0.3 is 14.6 Å². The van der Waals surface area contributed by atoms with E-state index in [1.165, 1.54) is 13.2 Å². The van der Waals surface area contributed by atoms with Crippen molar-refractivity contribution in [2.75, 3.05) is 7.11 Å². The summed E-state index contributed by atoms with van der Waals surface area (Å²) in [6, 6.07) is 6.51. The lowest BCUT2D eigenvalue weighted by molar-refractivity contribution is 0.144. The van der Waals surface area contributed by atoms with Gasteiger partial charge in [-0.1, -0.05) is 12.1 Å². The molecule has 1 aromatic rings. The van der Waals surface area contributed by atoms with Gasteiger partial charge in [-0.05, 0) is 24.4 Å². The molecule has 0 fully saturated rings. The van der Waals surface area contributed by atoms with Gasteiger partial charge in [0, 0.05) is 0 Å². The van der Waals surface area contributed by atoms with Crippen LogP contribution in [0.1, 0.15) is 5.56 Å². The second kappa shape index (κ2) is 4.57. The number of para-hydroxylation sites is 1. The number of ether oxygens (including phenoxy) is 2. The number of thiocarbonyl (C=S) groups is 1. The third kappa shape index (κ3) is 2.43. The molecule has 0 saturated carbocycles. The molecule has 0 saturated heterocycles. The van der Waals surface area contributed by atoms with Crippen LogP contribution in [0.3, 0.4) is 0 Å². The third-order valence-corrected chi connectivity index (χ3v) is 1.88. The first-order chi connectivity index (χ1) is 6.65. The Hall–Kier alpha value is -1.62. The Morgan fingerprint density at radius 2 is 2.07 bits per heavy atom. The second-order valence-corrected chi connectivity index (χ2v) is 2.73. The molecule has 0 aliphatic heterocycles. The molecule has 0 aliphatic rings. The van der Waals surface area contributed by atoms with E-state index < -0.39 is 6.16 Å². The Labute approximate surface area is 86.1 Å². The lowest BCUT2D eigenvalue weighted by Crippen LogP contribution is -2.08. The summed E-state index contributed by atoms with van der Waals surface area (Å²) in [4.78, 5) is 10.3. The third-order valence-electron chi connectivity index (χ3n) is 1.49. The minimum absolute atomic E-state index is 0.173. The van der Waals surface area contributed by atoms with Gasteiger partial charge in [-0.3, -0.25) is 0 Å². The average Bonchev–Trinajstić information content (AvgIpc) is 2.16.